The summed E-state index contributed by atoms with van der Waals surface area (Å²) in [6, 6.07) is 0. The van der Waals surface area contributed by atoms with Crippen molar-refractivity contribution in [2.24, 2.45) is 0 Å². The van der Waals surface area contributed by atoms with Crippen molar-refractivity contribution in [3.63, 3.8) is 0 Å². The van der Waals surface area contributed by atoms with Crippen molar-refractivity contribution in [2.45, 2.75) is 13.8 Å². The lowest BCUT2D eigenvalue weighted by Crippen LogP contribution is -2.05. The van der Waals surface area contributed by atoms with Crippen LogP contribution in [-0.4, -0.2) is 39.6 Å². The Morgan fingerprint density at radius 1 is 0.933 bits per heavy atom. The Balaban J connectivity index is 3.45. The summed E-state index contributed by atoms with van der Waals surface area (Å²) in [6.07, 6.45) is 0. The molecule has 0 N–H and O–H groups in total. The molecule has 0 bridgehead atoms. The fourth-order valence-electron chi connectivity index (χ4n) is 0.736. The zero-order chi connectivity index (χ0) is 11.6. The minimum Gasteiger partial charge on any atom is -0.379 e. The van der Waals surface area contributed by atoms with Gasteiger partial charge in [0.1, 0.15) is 0 Å². The minimum absolute atomic E-state index is 0.0871. The van der Waals surface area contributed by atoms with Crippen molar-refractivity contribution in [1.29, 1.82) is 0 Å². The molecule has 15 heavy (non-hydrogen) atoms. The highest BCUT2D eigenvalue weighted by atomic mass is 31.2. The molecule has 0 aliphatic carbocycles. The fraction of sp³-hybridized carbons (Fsp3) is 1.00. The van der Waals surface area contributed by atoms with Gasteiger partial charge in [0.25, 0.3) is 0 Å². The molecule has 7 heteroatoms. The Labute approximate surface area is 89.5 Å². The van der Waals surface area contributed by atoms with E-state index in [-0.39, 0.29) is 26.4 Å². The molecule has 0 rings (SSSR count). The van der Waals surface area contributed by atoms with Crippen LogP contribution >= 0.6 is 7.91 Å². The molecule has 0 unspecified atom stereocenters. The summed E-state index contributed by atoms with van der Waals surface area (Å²) < 4.78 is 42.4. The van der Waals surface area contributed by atoms with Gasteiger partial charge < -0.3 is 9.47 Å². The van der Waals surface area contributed by atoms with Gasteiger partial charge in [-0.05, 0) is 13.8 Å². The van der Waals surface area contributed by atoms with Crippen molar-refractivity contribution in [3.05, 3.63) is 0 Å². The summed E-state index contributed by atoms with van der Waals surface area (Å²) in [5, 5.41) is 0. The van der Waals surface area contributed by atoms with Crippen molar-refractivity contribution < 1.29 is 27.3 Å². The van der Waals surface area contributed by atoms with Crippen LogP contribution < -0.4 is 0 Å². The monoisotopic (exact) mass is 244 g/mol. The number of halogens is 1. The van der Waals surface area contributed by atoms with Crippen molar-refractivity contribution in [2.75, 3.05) is 39.6 Å². The topological polar surface area (TPSA) is 54.0 Å². The van der Waals surface area contributed by atoms with Gasteiger partial charge in [-0.3, -0.25) is 9.05 Å². The van der Waals surface area contributed by atoms with Gasteiger partial charge in [-0.2, -0.15) is 0 Å². The third kappa shape index (κ3) is 10.3. The van der Waals surface area contributed by atoms with Crippen molar-refractivity contribution in [3.8, 4) is 0 Å². The quantitative estimate of drug-likeness (QED) is 0.435. The summed E-state index contributed by atoms with van der Waals surface area (Å²) in [6.45, 7) is 4.82. The van der Waals surface area contributed by atoms with E-state index < -0.39 is 7.91 Å². The average Bonchev–Trinajstić information content (AvgIpc) is 2.20. The molecule has 0 aromatic carbocycles. The molecule has 0 spiro atoms. The maximum atomic E-state index is 12.9. The van der Waals surface area contributed by atoms with Crippen LogP contribution in [0.15, 0.2) is 0 Å². The zero-order valence-corrected chi connectivity index (χ0v) is 10.0. The zero-order valence-electron chi connectivity index (χ0n) is 9.11. The molecule has 0 aliphatic rings. The molecular weight excluding hydrogens is 226 g/mol. The first-order chi connectivity index (χ1) is 7.12. The highest BCUT2D eigenvalue weighted by molar-refractivity contribution is 7.48. The highest BCUT2D eigenvalue weighted by Crippen LogP contribution is 2.49. The Bertz CT molecular complexity index is 174. The van der Waals surface area contributed by atoms with E-state index in [2.05, 4.69) is 9.05 Å². The van der Waals surface area contributed by atoms with E-state index in [1.807, 2.05) is 0 Å². The number of hydrogen-bond donors (Lipinski definition) is 0. The van der Waals surface area contributed by atoms with Crippen LogP contribution in [0.3, 0.4) is 0 Å². The fourth-order valence-corrected chi connectivity index (χ4v) is 1.40. The van der Waals surface area contributed by atoms with Gasteiger partial charge in [0.2, 0.25) is 0 Å². The molecule has 0 atom stereocenters. The Morgan fingerprint density at radius 2 is 1.33 bits per heavy atom. The summed E-state index contributed by atoms with van der Waals surface area (Å²) in [4.78, 5) is 0. The molecular formula is C8H18FO5P. The lowest BCUT2D eigenvalue weighted by Gasteiger charge is -2.09. The Morgan fingerprint density at radius 3 is 1.67 bits per heavy atom. The average molecular weight is 244 g/mol. The number of hydrogen-bond acceptors (Lipinski definition) is 5. The van der Waals surface area contributed by atoms with Crippen molar-refractivity contribution in [1.82, 2.24) is 0 Å². The van der Waals surface area contributed by atoms with E-state index in [9.17, 15) is 8.76 Å². The Hall–Kier alpha value is -0.0000000000000000416. The normalized spacial score (nSPS) is 11.9. The largest absolute Gasteiger partial charge is 0.513 e. The van der Waals surface area contributed by atoms with Crippen LogP contribution in [-0.2, 0) is 23.1 Å². The maximum absolute atomic E-state index is 12.9. The summed E-state index contributed by atoms with van der Waals surface area (Å²) in [7, 11) is -4.43. The van der Waals surface area contributed by atoms with Gasteiger partial charge in [-0.1, -0.05) is 0 Å². The first-order valence-corrected chi connectivity index (χ1v) is 6.30. The van der Waals surface area contributed by atoms with E-state index in [1.54, 1.807) is 13.8 Å². The van der Waals surface area contributed by atoms with Gasteiger partial charge in [0.15, 0.2) is 0 Å². The van der Waals surface area contributed by atoms with Gasteiger partial charge in [-0.25, -0.2) is 4.57 Å². The minimum atomic E-state index is -4.43. The molecule has 0 amide bonds. The molecule has 92 valence electrons. The molecule has 0 saturated heterocycles. The van der Waals surface area contributed by atoms with Gasteiger partial charge in [0.05, 0.1) is 26.4 Å². The van der Waals surface area contributed by atoms with Gasteiger partial charge in [-0.15, -0.1) is 4.20 Å². The molecule has 0 aromatic rings. The molecule has 0 radical (unpaired) electrons. The van der Waals surface area contributed by atoms with Crippen LogP contribution in [0, 0.1) is 0 Å². The van der Waals surface area contributed by atoms with E-state index >= 15 is 0 Å². The van der Waals surface area contributed by atoms with Crippen LogP contribution in [0.1, 0.15) is 13.8 Å². The third-order valence-corrected chi connectivity index (χ3v) is 2.34. The predicted molar refractivity (Wildman–Crippen MR) is 53.6 cm³/mol. The van der Waals surface area contributed by atoms with Crippen LogP contribution in [0.2, 0.25) is 0 Å². The molecule has 0 fully saturated rings. The van der Waals surface area contributed by atoms with E-state index in [0.29, 0.717) is 13.2 Å². The third-order valence-electron chi connectivity index (χ3n) is 1.35. The summed E-state index contributed by atoms with van der Waals surface area (Å²) in [5.74, 6) is 0. The second-order valence-corrected chi connectivity index (χ2v) is 3.87. The summed E-state index contributed by atoms with van der Waals surface area (Å²) >= 11 is 0. The van der Waals surface area contributed by atoms with Crippen molar-refractivity contribution >= 4 is 7.91 Å². The first-order valence-electron chi connectivity index (χ1n) is 4.86. The lowest BCUT2D eigenvalue weighted by atomic mass is 10.8. The first kappa shape index (κ1) is 15.0. The van der Waals surface area contributed by atoms with Gasteiger partial charge >= 0.3 is 7.91 Å². The number of ether oxygens (including phenoxy) is 2. The standard InChI is InChI=1S/C8H18FO5P/c1-3-11-5-7-13-15(9,10)14-8-6-12-4-2/h3-8H2,1-2H3. The molecule has 0 aliphatic heterocycles. The van der Waals surface area contributed by atoms with E-state index in [1.165, 1.54) is 0 Å². The summed E-state index contributed by atoms with van der Waals surface area (Å²) in [5.41, 5.74) is 0. The highest BCUT2D eigenvalue weighted by Gasteiger charge is 2.23. The molecule has 5 nitrogen and oxygen atoms in total. The predicted octanol–water partition coefficient (Wildman–Crippen LogP) is 2.17. The van der Waals surface area contributed by atoms with Crippen LogP contribution in [0.5, 0.6) is 0 Å². The van der Waals surface area contributed by atoms with Gasteiger partial charge in [0, 0.05) is 13.2 Å². The van der Waals surface area contributed by atoms with E-state index in [4.69, 9.17) is 9.47 Å². The maximum Gasteiger partial charge on any atom is 0.513 e. The number of rotatable bonds is 10. The van der Waals surface area contributed by atoms with Crippen LogP contribution in [0.4, 0.5) is 4.20 Å². The van der Waals surface area contributed by atoms with Crippen LogP contribution in [0.25, 0.3) is 0 Å². The SMILES string of the molecule is CCOCCOP(=O)(F)OCCOCC. The van der Waals surface area contributed by atoms with E-state index in [0.717, 1.165) is 0 Å². The smallest absolute Gasteiger partial charge is 0.379 e. The molecule has 0 saturated carbocycles. The molecule has 0 aromatic heterocycles. The molecule has 0 heterocycles. The second-order valence-electron chi connectivity index (χ2n) is 2.49. The second kappa shape index (κ2) is 9.24. The lowest BCUT2D eigenvalue weighted by molar-refractivity contribution is 0.0720. The Kier molecular flexibility index (Phi) is 9.24.